The Balaban J connectivity index is 2.70. The van der Waals surface area contributed by atoms with Crippen LogP contribution in [0.15, 0.2) is 24.3 Å². The molecule has 0 saturated carbocycles. The predicted molar refractivity (Wildman–Crippen MR) is 54.0 cm³/mol. The molecule has 0 radical (unpaired) electrons. The molecule has 0 fully saturated rings. The van der Waals surface area contributed by atoms with E-state index in [0.29, 0.717) is 9.58 Å². The first-order valence-corrected chi connectivity index (χ1v) is 4.49. The molecule has 1 heterocycles. The molecule has 7 heteroatoms. The summed E-state index contributed by atoms with van der Waals surface area (Å²) in [7, 11) is 0. The predicted octanol–water partition coefficient (Wildman–Crippen LogP) is -0.540. The monoisotopic (exact) mass is 220 g/mol. The van der Waals surface area contributed by atoms with Crippen molar-refractivity contribution in [3.63, 3.8) is 0 Å². The molecule has 1 aromatic heterocycles. The first kappa shape index (κ1) is 10.1. The highest BCUT2D eigenvalue weighted by Crippen LogP contribution is 2.05. The molecule has 0 aliphatic carbocycles. The first-order valence-electron chi connectivity index (χ1n) is 4.49. The van der Waals surface area contributed by atoms with Gasteiger partial charge in [-0.1, -0.05) is 12.1 Å². The van der Waals surface area contributed by atoms with Gasteiger partial charge >= 0.3 is 5.95 Å². The Bertz CT molecular complexity index is 570. The number of aromatic nitrogens is 3. The minimum atomic E-state index is -0.465. The normalized spacial score (nSPS) is 10.3. The number of para-hydroxylation sites is 2. The van der Waals surface area contributed by atoms with E-state index in [1.807, 2.05) is 0 Å². The van der Waals surface area contributed by atoms with E-state index < -0.39 is 5.91 Å². The summed E-state index contributed by atoms with van der Waals surface area (Å²) in [4.78, 5) is 11.1. The number of amides is 1. The van der Waals surface area contributed by atoms with E-state index in [1.54, 1.807) is 12.1 Å². The van der Waals surface area contributed by atoms with Gasteiger partial charge in [0.05, 0.1) is 0 Å². The van der Waals surface area contributed by atoms with Gasteiger partial charge in [-0.25, -0.2) is 10.0 Å². The Kier molecular flexibility index (Phi) is 2.28. The summed E-state index contributed by atoms with van der Waals surface area (Å²) in [6.45, 7) is 1.23. The molecule has 0 spiro atoms. The highest BCUT2D eigenvalue weighted by atomic mass is 16.5. The van der Waals surface area contributed by atoms with Crippen molar-refractivity contribution in [1.82, 2.24) is 5.10 Å². The largest absolute Gasteiger partial charge is 0.739 e. The highest BCUT2D eigenvalue weighted by Gasteiger charge is 2.20. The molecule has 2 aromatic rings. The van der Waals surface area contributed by atoms with Crippen molar-refractivity contribution in [2.24, 2.45) is 0 Å². The lowest BCUT2D eigenvalue weighted by Crippen LogP contribution is -2.44. The van der Waals surface area contributed by atoms with Gasteiger partial charge in [0.15, 0.2) is 5.52 Å². The number of hydrogen-bond donors (Lipinski definition) is 1. The lowest BCUT2D eigenvalue weighted by Gasteiger charge is -2.08. The number of nitrogens with zero attached hydrogens (tertiary/aromatic N) is 3. The number of nitrogens with one attached hydrogen (secondary N) is 1. The standard InChI is InChI=1S/C9H8N4O3/c1-6(14)10-9-11-13(16)8-5-3-2-4-7(8)12(9)15/h2-5H,1H3,(H,10,11,14). The Labute approximate surface area is 90.1 Å². The number of carbonyl (C=O) groups is 1. The van der Waals surface area contributed by atoms with Gasteiger partial charge < -0.3 is 10.4 Å². The van der Waals surface area contributed by atoms with Crippen LogP contribution in [-0.4, -0.2) is 11.0 Å². The zero-order valence-electron chi connectivity index (χ0n) is 8.38. The summed E-state index contributed by atoms with van der Waals surface area (Å²) in [5.74, 6) is -0.798. The van der Waals surface area contributed by atoms with E-state index in [-0.39, 0.29) is 17.0 Å². The zero-order chi connectivity index (χ0) is 11.7. The molecule has 1 amide bonds. The van der Waals surface area contributed by atoms with Crippen molar-refractivity contribution in [2.45, 2.75) is 6.92 Å². The van der Waals surface area contributed by atoms with Gasteiger partial charge in [0.2, 0.25) is 5.10 Å². The lowest BCUT2D eigenvalue weighted by molar-refractivity contribution is -0.672. The number of carbonyl (C=O) groups excluding carboxylic acids is 1. The van der Waals surface area contributed by atoms with Crippen molar-refractivity contribution in [2.75, 3.05) is 5.32 Å². The van der Waals surface area contributed by atoms with Gasteiger partial charge in [-0.2, -0.15) is 0 Å². The molecular weight excluding hydrogens is 212 g/mol. The first-order chi connectivity index (χ1) is 7.59. The van der Waals surface area contributed by atoms with Crippen LogP contribution < -0.4 is 14.9 Å². The van der Waals surface area contributed by atoms with E-state index in [9.17, 15) is 15.2 Å². The molecular formula is C9H8N4O3. The second-order valence-corrected chi connectivity index (χ2v) is 3.16. The quantitative estimate of drug-likeness (QED) is 0.515. The van der Waals surface area contributed by atoms with E-state index in [1.165, 1.54) is 19.1 Å². The summed E-state index contributed by atoms with van der Waals surface area (Å²) in [6, 6.07) is 6.19. The van der Waals surface area contributed by atoms with Crippen molar-refractivity contribution in [1.29, 1.82) is 0 Å². The maximum atomic E-state index is 11.7. The summed E-state index contributed by atoms with van der Waals surface area (Å²) < 4.78 is 0.408. The van der Waals surface area contributed by atoms with Gasteiger partial charge in [-0.15, -0.1) is 0 Å². The van der Waals surface area contributed by atoms with E-state index >= 15 is 0 Å². The van der Waals surface area contributed by atoms with Crippen LogP contribution in [0.25, 0.3) is 11.0 Å². The number of benzene rings is 1. The third kappa shape index (κ3) is 1.58. The third-order valence-electron chi connectivity index (χ3n) is 1.97. The molecule has 0 aliphatic rings. The molecule has 2 rings (SSSR count). The number of anilines is 1. The second-order valence-electron chi connectivity index (χ2n) is 3.16. The van der Waals surface area contributed by atoms with Gasteiger partial charge in [-0.3, -0.25) is 4.79 Å². The fourth-order valence-corrected chi connectivity index (χ4v) is 1.33. The average molecular weight is 220 g/mol. The molecule has 82 valence electrons. The molecule has 1 aromatic carbocycles. The second kappa shape index (κ2) is 3.61. The summed E-state index contributed by atoms with van der Waals surface area (Å²) >= 11 is 0. The lowest BCUT2D eigenvalue weighted by atomic mass is 10.3. The van der Waals surface area contributed by atoms with Crippen molar-refractivity contribution >= 4 is 22.9 Å². The van der Waals surface area contributed by atoms with Crippen molar-refractivity contribution in [3.05, 3.63) is 34.7 Å². The molecule has 0 saturated heterocycles. The van der Waals surface area contributed by atoms with Crippen LogP contribution in [0.3, 0.4) is 0 Å². The molecule has 0 atom stereocenters. The number of hydrogen-bond acceptors (Lipinski definition) is 4. The van der Waals surface area contributed by atoms with Crippen LogP contribution in [0.5, 0.6) is 0 Å². The molecule has 0 unspecified atom stereocenters. The van der Waals surface area contributed by atoms with Crippen LogP contribution in [0.2, 0.25) is 0 Å². The molecule has 16 heavy (non-hydrogen) atoms. The Hall–Kier alpha value is -2.44. The van der Waals surface area contributed by atoms with Crippen LogP contribution in [0.1, 0.15) is 6.92 Å². The van der Waals surface area contributed by atoms with Crippen LogP contribution in [0, 0.1) is 10.4 Å². The van der Waals surface area contributed by atoms with Crippen LogP contribution in [0.4, 0.5) is 5.95 Å². The molecule has 0 aliphatic heterocycles. The van der Waals surface area contributed by atoms with E-state index in [4.69, 9.17) is 0 Å². The van der Waals surface area contributed by atoms with Gasteiger partial charge in [-0.05, 0) is 6.07 Å². The zero-order valence-corrected chi connectivity index (χ0v) is 8.38. The Morgan fingerprint density at radius 1 is 1.31 bits per heavy atom. The highest BCUT2D eigenvalue weighted by molar-refractivity contribution is 5.86. The SMILES string of the molecule is CC(=O)Nc1n[n+]([O-])c2ccccc2[n+]1[O-]. The molecule has 1 N–H and O–H groups in total. The van der Waals surface area contributed by atoms with E-state index in [0.717, 1.165) is 0 Å². The Morgan fingerprint density at radius 2 is 1.94 bits per heavy atom. The van der Waals surface area contributed by atoms with Crippen LogP contribution in [-0.2, 0) is 4.79 Å². The summed E-state index contributed by atoms with van der Waals surface area (Å²) in [6.07, 6.45) is 0. The maximum absolute atomic E-state index is 11.7. The number of fused-ring (bicyclic) bond motifs is 1. The van der Waals surface area contributed by atoms with Crippen molar-refractivity contribution < 1.29 is 14.4 Å². The van der Waals surface area contributed by atoms with E-state index in [2.05, 4.69) is 10.4 Å². The fraction of sp³-hybridized carbons (Fsp3) is 0.111. The summed E-state index contributed by atoms with van der Waals surface area (Å²) in [5, 5.41) is 28.7. The average Bonchev–Trinajstić information content (AvgIpc) is 2.25. The van der Waals surface area contributed by atoms with Gasteiger partial charge in [0.25, 0.3) is 11.4 Å². The molecule has 0 bridgehead atoms. The van der Waals surface area contributed by atoms with Gasteiger partial charge in [0, 0.05) is 17.8 Å². The Morgan fingerprint density at radius 3 is 2.56 bits per heavy atom. The topological polar surface area (TPSA) is 95.9 Å². The third-order valence-corrected chi connectivity index (χ3v) is 1.97. The molecule has 7 nitrogen and oxygen atoms in total. The smallest absolute Gasteiger partial charge is 0.468 e. The minimum absolute atomic E-state index is 0.145. The van der Waals surface area contributed by atoms with Crippen LogP contribution >= 0.6 is 0 Å². The van der Waals surface area contributed by atoms with Crippen molar-refractivity contribution in [3.8, 4) is 0 Å². The minimum Gasteiger partial charge on any atom is -0.739 e. The van der Waals surface area contributed by atoms with Gasteiger partial charge in [0.1, 0.15) is 0 Å². The summed E-state index contributed by atoms with van der Waals surface area (Å²) in [5.41, 5.74) is 0.294. The number of rotatable bonds is 1. The maximum Gasteiger partial charge on any atom is 0.468 e. The fourth-order valence-electron chi connectivity index (χ4n) is 1.33.